The predicted molar refractivity (Wildman–Crippen MR) is 116 cm³/mol. The van der Waals surface area contributed by atoms with Gasteiger partial charge < -0.3 is 14.6 Å². The van der Waals surface area contributed by atoms with Gasteiger partial charge in [0.05, 0.1) is 23.2 Å². The smallest absolute Gasteiger partial charge is 0.335 e. The summed E-state index contributed by atoms with van der Waals surface area (Å²) in [6.07, 6.45) is 1.45. The lowest BCUT2D eigenvalue weighted by atomic mass is 10.1. The molecule has 0 unspecified atom stereocenters. The summed E-state index contributed by atoms with van der Waals surface area (Å²) in [5.41, 5.74) is 0.416. The molecule has 3 aromatic carbocycles. The van der Waals surface area contributed by atoms with Gasteiger partial charge in [0, 0.05) is 17.2 Å². The van der Waals surface area contributed by atoms with Crippen LogP contribution in [0.1, 0.15) is 36.6 Å². The Hall–Kier alpha value is -4.79. The second-order valence-corrected chi connectivity index (χ2v) is 7.02. The summed E-state index contributed by atoms with van der Waals surface area (Å²) in [5, 5.41) is 20.4. The molecule has 0 bridgehead atoms. The number of rotatable bonds is 6. The predicted octanol–water partition coefficient (Wildman–Crippen LogP) is 4.56. The number of carboxylic acids is 1. The first-order valence-corrected chi connectivity index (χ1v) is 9.58. The van der Waals surface area contributed by atoms with Gasteiger partial charge in [-0.05, 0) is 35.9 Å². The fourth-order valence-electron chi connectivity index (χ4n) is 3.43. The second kappa shape index (κ2) is 8.39. The Morgan fingerprint density at radius 1 is 0.939 bits per heavy atom. The summed E-state index contributed by atoms with van der Waals surface area (Å²) in [5.74, 6) is -1.91. The lowest BCUT2D eigenvalue weighted by Gasteiger charge is -2.11. The molecule has 1 aliphatic carbocycles. The van der Waals surface area contributed by atoms with Gasteiger partial charge in [-0.3, -0.25) is 19.7 Å². The topological polar surface area (TPSA) is 133 Å². The van der Waals surface area contributed by atoms with Crippen molar-refractivity contribution in [1.29, 1.82) is 0 Å². The zero-order chi connectivity index (χ0) is 23.7. The van der Waals surface area contributed by atoms with E-state index in [0.717, 1.165) is 6.07 Å². The van der Waals surface area contributed by atoms with Crippen molar-refractivity contribution in [2.75, 3.05) is 7.11 Å². The van der Waals surface area contributed by atoms with Crippen LogP contribution in [0.15, 0.2) is 66.2 Å². The Morgan fingerprint density at radius 2 is 1.58 bits per heavy atom. The van der Waals surface area contributed by atoms with E-state index in [4.69, 9.17) is 14.6 Å². The molecule has 0 aromatic heterocycles. The number of carbonyl (C=O) groups is 3. The van der Waals surface area contributed by atoms with Gasteiger partial charge >= 0.3 is 11.7 Å². The number of ether oxygens (including phenoxy) is 2. The summed E-state index contributed by atoms with van der Waals surface area (Å²) >= 11 is 0. The number of methoxy groups -OCH3 is 1. The van der Waals surface area contributed by atoms with E-state index in [-0.39, 0.29) is 40.0 Å². The number of ketones is 2. The molecule has 33 heavy (non-hydrogen) atoms. The zero-order valence-corrected chi connectivity index (χ0v) is 17.1. The highest BCUT2D eigenvalue weighted by Gasteiger charge is 2.32. The van der Waals surface area contributed by atoms with Crippen molar-refractivity contribution >= 4 is 29.3 Å². The number of hydrogen-bond acceptors (Lipinski definition) is 7. The summed E-state index contributed by atoms with van der Waals surface area (Å²) < 4.78 is 10.9. The van der Waals surface area contributed by atoms with E-state index in [2.05, 4.69) is 0 Å². The minimum absolute atomic E-state index is 0.0202. The summed E-state index contributed by atoms with van der Waals surface area (Å²) in [6, 6.07) is 14.4. The Labute approximate surface area is 186 Å². The van der Waals surface area contributed by atoms with Gasteiger partial charge in [0.15, 0.2) is 23.1 Å². The fraction of sp³-hybridized carbons (Fsp3) is 0.0417. The Morgan fingerprint density at radius 3 is 2.15 bits per heavy atom. The fourth-order valence-corrected chi connectivity index (χ4v) is 3.43. The first-order valence-electron chi connectivity index (χ1n) is 9.58. The quantitative estimate of drug-likeness (QED) is 0.253. The standard InChI is InChI=1S/C24H15NO8/c1-32-21-11-13(10-17-22(26)15-4-2-3-5-16(15)23(17)27)6-8-20(21)33-19-9-7-14(24(28)29)12-18(19)25(30)31/h2-12H,1H3,(H,28,29). The van der Waals surface area contributed by atoms with Gasteiger partial charge in [-0.2, -0.15) is 0 Å². The van der Waals surface area contributed by atoms with Crippen molar-refractivity contribution in [2.24, 2.45) is 0 Å². The second-order valence-electron chi connectivity index (χ2n) is 7.02. The molecule has 9 nitrogen and oxygen atoms in total. The number of allylic oxidation sites excluding steroid dienone is 1. The third-order valence-corrected chi connectivity index (χ3v) is 5.03. The molecule has 0 spiro atoms. The highest BCUT2D eigenvalue weighted by molar-refractivity contribution is 6.41. The number of nitrogens with zero attached hydrogens (tertiary/aromatic N) is 1. The third kappa shape index (κ3) is 3.94. The molecule has 4 rings (SSSR count). The molecule has 3 aromatic rings. The van der Waals surface area contributed by atoms with E-state index in [9.17, 15) is 24.5 Å². The zero-order valence-electron chi connectivity index (χ0n) is 17.1. The molecule has 0 fully saturated rings. The molecule has 1 aliphatic rings. The van der Waals surface area contributed by atoms with Crippen molar-refractivity contribution in [3.63, 3.8) is 0 Å². The highest BCUT2D eigenvalue weighted by atomic mass is 16.6. The molecule has 0 amide bonds. The van der Waals surface area contributed by atoms with E-state index < -0.39 is 16.6 Å². The largest absolute Gasteiger partial charge is 0.493 e. The van der Waals surface area contributed by atoms with Crippen LogP contribution in [0.5, 0.6) is 17.2 Å². The van der Waals surface area contributed by atoms with Crippen LogP contribution in [0, 0.1) is 10.1 Å². The summed E-state index contributed by atoms with van der Waals surface area (Å²) in [6.45, 7) is 0. The maximum Gasteiger partial charge on any atom is 0.335 e. The van der Waals surface area contributed by atoms with E-state index in [0.29, 0.717) is 16.7 Å². The third-order valence-electron chi connectivity index (χ3n) is 5.03. The van der Waals surface area contributed by atoms with Gasteiger partial charge in [-0.1, -0.05) is 30.3 Å². The van der Waals surface area contributed by atoms with Crippen LogP contribution in [0.3, 0.4) is 0 Å². The first kappa shape index (κ1) is 21.4. The van der Waals surface area contributed by atoms with Crippen molar-refractivity contribution in [3.05, 3.63) is 98.6 Å². The van der Waals surface area contributed by atoms with Gasteiger partial charge in [0.2, 0.25) is 5.75 Å². The number of fused-ring (bicyclic) bond motifs is 1. The first-order chi connectivity index (χ1) is 15.8. The van der Waals surface area contributed by atoms with Crippen molar-refractivity contribution in [1.82, 2.24) is 0 Å². The summed E-state index contributed by atoms with van der Waals surface area (Å²) in [7, 11) is 1.36. The summed E-state index contributed by atoms with van der Waals surface area (Å²) in [4.78, 5) is 46.9. The lowest BCUT2D eigenvalue weighted by Crippen LogP contribution is -2.01. The molecule has 0 saturated carbocycles. The molecule has 1 N–H and O–H groups in total. The van der Waals surface area contributed by atoms with Gasteiger partial charge in [-0.25, -0.2) is 4.79 Å². The van der Waals surface area contributed by atoms with Gasteiger partial charge in [0.1, 0.15) is 0 Å². The van der Waals surface area contributed by atoms with Crippen LogP contribution in [0.4, 0.5) is 5.69 Å². The lowest BCUT2D eigenvalue weighted by molar-refractivity contribution is -0.385. The Kier molecular flexibility index (Phi) is 5.45. The van der Waals surface area contributed by atoms with Crippen molar-refractivity contribution in [3.8, 4) is 17.2 Å². The number of hydrogen-bond donors (Lipinski definition) is 1. The van der Waals surface area contributed by atoms with Crippen molar-refractivity contribution < 1.29 is 33.9 Å². The van der Waals surface area contributed by atoms with Gasteiger partial charge in [-0.15, -0.1) is 0 Å². The van der Waals surface area contributed by atoms with E-state index in [1.54, 1.807) is 30.3 Å². The number of Topliss-reactive ketones (excluding diaryl/α,β-unsaturated/α-hetero) is 2. The molecule has 0 saturated heterocycles. The van der Waals surface area contributed by atoms with E-state index >= 15 is 0 Å². The molecular formula is C24H15NO8. The average molecular weight is 445 g/mol. The molecule has 164 valence electrons. The van der Waals surface area contributed by atoms with Gasteiger partial charge in [0.25, 0.3) is 0 Å². The molecular weight excluding hydrogens is 430 g/mol. The number of nitro groups is 1. The number of carboxylic acid groups (broad SMARTS) is 1. The van der Waals surface area contributed by atoms with E-state index in [1.165, 1.54) is 37.5 Å². The number of nitro benzene ring substituents is 1. The maximum atomic E-state index is 12.6. The minimum Gasteiger partial charge on any atom is -0.493 e. The number of benzene rings is 3. The SMILES string of the molecule is COc1cc(C=C2C(=O)c3ccccc3C2=O)ccc1Oc1ccc(C(=O)O)cc1[N+](=O)[O-]. The van der Waals surface area contributed by atoms with Crippen LogP contribution >= 0.6 is 0 Å². The van der Waals surface area contributed by atoms with Crippen molar-refractivity contribution in [2.45, 2.75) is 0 Å². The average Bonchev–Trinajstić information content (AvgIpc) is 3.05. The minimum atomic E-state index is -1.31. The molecule has 9 heteroatoms. The van der Waals surface area contributed by atoms with E-state index in [1.807, 2.05) is 0 Å². The van der Waals surface area contributed by atoms with Crippen LogP contribution in [0.25, 0.3) is 6.08 Å². The molecule has 0 radical (unpaired) electrons. The maximum absolute atomic E-state index is 12.6. The van der Waals surface area contributed by atoms with Crippen LogP contribution in [-0.4, -0.2) is 34.7 Å². The Balaban J connectivity index is 1.67. The molecule has 0 aliphatic heterocycles. The number of aromatic carboxylic acids is 1. The van der Waals surface area contributed by atoms with Crippen LogP contribution in [-0.2, 0) is 0 Å². The molecule has 0 heterocycles. The normalized spacial score (nSPS) is 12.3. The monoisotopic (exact) mass is 445 g/mol. The Bertz CT molecular complexity index is 1340. The highest BCUT2D eigenvalue weighted by Crippen LogP contribution is 2.38. The van der Waals surface area contributed by atoms with Crippen LogP contribution < -0.4 is 9.47 Å². The number of carbonyl (C=O) groups excluding carboxylic acids is 2. The van der Waals surface area contributed by atoms with Crippen LogP contribution in [0.2, 0.25) is 0 Å². The molecule has 0 atom stereocenters.